The first-order valence-corrected chi connectivity index (χ1v) is 12.3. The Morgan fingerprint density at radius 2 is 1.97 bits per heavy atom. The first kappa shape index (κ1) is 23.3. The van der Waals surface area contributed by atoms with Crippen LogP contribution in [0.4, 0.5) is 16.0 Å². The van der Waals surface area contributed by atoms with Crippen molar-refractivity contribution in [2.75, 3.05) is 17.7 Å². The third kappa shape index (κ3) is 6.79. The Kier molecular flexibility index (Phi) is 7.96. The van der Waals surface area contributed by atoms with Gasteiger partial charge in [0.1, 0.15) is 17.9 Å². The summed E-state index contributed by atoms with van der Waals surface area (Å²) in [5, 5.41) is 3.13. The number of nitrogens with zero attached hydrogens (tertiary/aromatic N) is 3. The van der Waals surface area contributed by atoms with Crippen LogP contribution < -0.4 is 10.1 Å². The summed E-state index contributed by atoms with van der Waals surface area (Å²) >= 11 is -2.08. The normalized spacial score (nSPS) is 15.2. The largest absolute Gasteiger partial charge is 0.772 e. The van der Waals surface area contributed by atoms with E-state index in [1.807, 2.05) is 24.3 Å². The van der Waals surface area contributed by atoms with E-state index in [2.05, 4.69) is 20.3 Å². The molecule has 1 aliphatic carbocycles. The number of halogens is 1. The van der Waals surface area contributed by atoms with Gasteiger partial charge in [0.05, 0.1) is 12.2 Å². The molecule has 3 aromatic rings. The van der Waals surface area contributed by atoms with E-state index in [1.54, 1.807) is 6.07 Å². The van der Waals surface area contributed by atoms with Gasteiger partial charge in [-0.3, -0.25) is 4.21 Å². The van der Waals surface area contributed by atoms with E-state index >= 15 is 0 Å². The van der Waals surface area contributed by atoms with Gasteiger partial charge in [-0.15, -0.1) is 0 Å². The van der Waals surface area contributed by atoms with Crippen LogP contribution in [0, 0.1) is 11.7 Å². The molecule has 0 bridgehead atoms. The third-order valence-electron chi connectivity index (χ3n) is 5.70. The van der Waals surface area contributed by atoms with Gasteiger partial charge in [0.2, 0.25) is 5.95 Å². The van der Waals surface area contributed by atoms with Crippen LogP contribution in [0.25, 0.3) is 11.4 Å². The minimum atomic E-state index is -2.08. The predicted octanol–water partition coefficient (Wildman–Crippen LogP) is 4.80. The highest BCUT2D eigenvalue weighted by molar-refractivity contribution is 7.79. The highest BCUT2D eigenvalue weighted by Crippen LogP contribution is 2.31. The van der Waals surface area contributed by atoms with E-state index in [0.717, 1.165) is 24.1 Å². The molecule has 1 unspecified atom stereocenters. The van der Waals surface area contributed by atoms with Gasteiger partial charge in [-0.1, -0.05) is 42.5 Å². The molecule has 1 aliphatic rings. The molecule has 2 aromatic carbocycles. The summed E-state index contributed by atoms with van der Waals surface area (Å²) in [5.74, 6) is 1.30. The Morgan fingerprint density at radius 1 is 1.12 bits per heavy atom. The molecule has 33 heavy (non-hydrogen) atoms. The smallest absolute Gasteiger partial charge is 0.230 e. The van der Waals surface area contributed by atoms with E-state index in [1.165, 1.54) is 37.7 Å². The molecule has 0 radical (unpaired) electrons. The number of aryl methyl sites for hydroxylation is 1. The molecule has 0 aliphatic heterocycles. The van der Waals surface area contributed by atoms with Gasteiger partial charge in [0.15, 0.2) is 5.82 Å². The van der Waals surface area contributed by atoms with Gasteiger partial charge in [0.25, 0.3) is 0 Å². The molecule has 1 saturated carbocycles. The maximum atomic E-state index is 14.0. The lowest BCUT2D eigenvalue weighted by atomic mass is 9.90. The lowest BCUT2D eigenvalue weighted by Gasteiger charge is -2.22. The van der Waals surface area contributed by atoms with Crippen LogP contribution in [0.1, 0.15) is 37.7 Å². The van der Waals surface area contributed by atoms with Crippen LogP contribution >= 0.6 is 0 Å². The highest BCUT2D eigenvalue weighted by Gasteiger charge is 2.17. The topological polar surface area (TPSA) is 100 Å². The highest BCUT2D eigenvalue weighted by atomic mass is 32.2. The molecule has 0 spiro atoms. The standard InChI is InChI=1S/C24H27FN4O3S/c25-19-9-10-21(22(14-19)32-15-18-5-2-1-3-6-18)23-26-16-27-24(29-23)28-20-8-4-7-17(13-20)11-12-33(30)31/h4,7-10,13-14,16,18H,1-3,5-6,11-12,15H2,(H,30,31)(H,26,27,28,29)/p-1. The second kappa shape index (κ2) is 11.3. The van der Waals surface area contributed by atoms with Gasteiger partial charge in [-0.2, -0.15) is 4.98 Å². The van der Waals surface area contributed by atoms with Crippen molar-refractivity contribution in [3.63, 3.8) is 0 Å². The van der Waals surface area contributed by atoms with Crippen molar-refractivity contribution >= 4 is 22.7 Å². The molecule has 1 heterocycles. The van der Waals surface area contributed by atoms with Crippen molar-refractivity contribution in [3.05, 3.63) is 60.2 Å². The van der Waals surface area contributed by atoms with Gasteiger partial charge >= 0.3 is 0 Å². The summed E-state index contributed by atoms with van der Waals surface area (Å²) < 4.78 is 41.6. The van der Waals surface area contributed by atoms with Crippen molar-refractivity contribution in [2.24, 2.45) is 5.92 Å². The molecule has 1 N–H and O–H groups in total. The maximum Gasteiger partial charge on any atom is 0.230 e. The minimum Gasteiger partial charge on any atom is -0.772 e. The zero-order valence-electron chi connectivity index (χ0n) is 18.2. The average Bonchev–Trinajstić information content (AvgIpc) is 2.82. The molecule has 4 rings (SSSR count). The molecule has 1 atom stereocenters. The van der Waals surface area contributed by atoms with E-state index < -0.39 is 11.1 Å². The van der Waals surface area contributed by atoms with Crippen LogP contribution in [0.3, 0.4) is 0 Å². The SMILES string of the molecule is O=S([O-])CCc1cccc(Nc2ncnc(-c3ccc(F)cc3OCC3CCCCC3)n2)c1. The number of hydrogen-bond donors (Lipinski definition) is 1. The Labute approximate surface area is 195 Å². The van der Waals surface area contributed by atoms with E-state index in [-0.39, 0.29) is 11.6 Å². The van der Waals surface area contributed by atoms with Crippen molar-refractivity contribution in [1.29, 1.82) is 0 Å². The van der Waals surface area contributed by atoms with Crippen LogP contribution in [-0.4, -0.2) is 36.1 Å². The first-order valence-electron chi connectivity index (χ1n) is 11.1. The van der Waals surface area contributed by atoms with Crippen LogP contribution in [0.5, 0.6) is 5.75 Å². The Bertz CT molecular complexity index is 1110. The number of rotatable bonds is 9. The van der Waals surface area contributed by atoms with Gasteiger partial charge in [0, 0.05) is 17.5 Å². The van der Waals surface area contributed by atoms with Crippen LogP contribution in [0.2, 0.25) is 0 Å². The molecule has 0 saturated heterocycles. The second-order valence-corrected chi connectivity index (χ2v) is 9.19. The van der Waals surface area contributed by atoms with Crippen molar-refractivity contribution in [3.8, 4) is 17.1 Å². The minimum absolute atomic E-state index is 0.0631. The molecule has 174 valence electrons. The second-order valence-electron chi connectivity index (χ2n) is 8.17. The van der Waals surface area contributed by atoms with Gasteiger partial charge in [-0.25, -0.2) is 14.4 Å². The van der Waals surface area contributed by atoms with Crippen molar-refractivity contribution < 1.29 is 17.9 Å². The fourth-order valence-corrected chi connectivity index (χ4v) is 4.39. The molecular weight excluding hydrogens is 443 g/mol. The van der Waals surface area contributed by atoms with E-state index in [9.17, 15) is 13.2 Å². The predicted molar refractivity (Wildman–Crippen MR) is 125 cm³/mol. The molecule has 7 nitrogen and oxygen atoms in total. The molecule has 1 aromatic heterocycles. The lowest BCUT2D eigenvalue weighted by Crippen LogP contribution is -2.15. The monoisotopic (exact) mass is 469 g/mol. The fourth-order valence-electron chi connectivity index (χ4n) is 3.98. The Balaban J connectivity index is 1.50. The molecule has 9 heteroatoms. The Hall–Kier alpha value is -2.91. The maximum absolute atomic E-state index is 14.0. The summed E-state index contributed by atoms with van der Waals surface area (Å²) in [6, 6.07) is 11.8. The van der Waals surface area contributed by atoms with E-state index in [0.29, 0.717) is 42.0 Å². The summed E-state index contributed by atoms with van der Waals surface area (Å²) in [4.78, 5) is 12.9. The summed E-state index contributed by atoms with van der Waals surface area (Å²) in [7, 11) is 0. The quantitative estimate of drug-likeness (QED) is 0.449. The number of aromatic nitrogens is 3. The number of benzene rings is 2. The van der Waals surface area contributed by atoms with Gasteiger partial charge < -0.3 is 14.6 Å². The Morgan fingerprint density at radius 3 is 2.79 bits per heavy atom. The average molecular weight is 470 g/mol. The molecule has 1 fully saturated rings. The van der Waals surface area contributed by atoms with Gasteiger partial charge in [-0.05, 0) is 55.0 Å². The summed E-state index contributed by atoms with van der Waals surface area (Å²) in [6.45, 7) is 0.549. The van der Waals surface area contributed by atoms with E-state index in [4.69, 9.17) is 4.74 Å². The lowest BCUT2D eigenvalue weighted by molar-refractivity contribution is 0.209. The first-order chi connectivity index (χ1) is 16.1. The number of anilines is 2. The summed E-state index contributed by atoms with van der Waals surface area (Å²) in [5.41, 5.74) is 2.22. The summed E-state index contributed by atoms with van der Waals surface area (Å²) in [6.07, 6.45) is 7.77. The van der Waals surface area contributed by atoms with Crippen LogP contribution in [-0.2, 0) is 17.5 Å². The number of ether oxygens (including phenoxy) is 1. The number of nitrogens with one attached hydrogen (secondary N) is 1. The zero-order chi connectivity index (χ0) is 23.0. The molecular formula is C24H26FN4O3S-. The number of hydrogen-bond acceptors (Lipinski definition) is 7. The third-order valence-corrected chi connectivity index (χ3v) is 6.23. The fraction of sp³-hybridized carbons (Fsp3) is 0.375. The van der Waals surface area contributed by atoms with Crippen molar-refractivity contribution in [2.45, 2.75) is 38.5 Å². The van der Waals surface area contributed by atoms with Crippen molar-refractivity contribution in [1.82, 2.24) is 15.0 Å². The van der Waals surface area contributed by atoms with Crippen LogP contribution in [0.15, 0.2) is 48.8 Å². The zero-order valence-corrected chi connectivity index (χ0v) is 19.0. The molecule has 0 amide bonds.